The van der Waals surface area contributed by atoms with Gasteiger partial charge in [-0.1, -0.05) is 6.92 Å². The highest BCUT2D eigenvalue weighted by Crippen LogP contribution is 2.22. The van der Waals surface area contributed by atoms with E-state index in [1.807, 2.05) is 42.2 Å². The maximum absolute atomic E-state index is 12.1. The molecule has 114 valence electrons. The topological polar surface area (TPSA) is 74.7 Å². The van der Waals surface area contributed by atoms with Crippen molar-refractivity contribution in [2.75, 3.05) is 10.6 Å². The Kier molecular flexibility index (Phi) is 3.82. The fourth-order valence-corrected chi connectivity index (χ4v) is 2.41. The lowest BCUT2D eigenvalue weighted by Gasteiger charge is -2.09. The summed E-state index contributed by atoms with van der Waals surface area (Å²) in [5.41, 5.74) is 3.48. The lowest BCUT2D eigenvalue weighted by Crippen LogP contribution is -2.19. The van der Waals surface area contributed by atoms with E-state index in [1.165, 1.54) is 0 Å². The zero-order chi connectivity index (χ0) is 15.5. The largest absolute Gasteiger partial charge is 0.361 e. The summed E-state index contributed by atoms with van der Waals surface area (Å²) < 4.78 is 1.81. The molecule has 1 aromatic carbocycles. The van der Waals surface area contributed by atoms with Gasteiger partial charge in [-0.15, -0.1) is 0 Å². The van der Waals surface area contributed by atoms with Crippen molar-refractivity contribution in [3.05, 3.63) is 42.4 Å². The predicted octanol–water partition coefficient (Wildman–Crippen LogP) is 3.73. The van der Waals surface area contributed by atoms with Gasteiger partial charge in [0.05, 0.1) is 11.9 Å². The number of benzene rings is 1. The van der Waals surface area contributed by atoms with Crippen molar-refractivity contribution in [2.24, 2.45) is 0 Å². The Balaban J connectivity index is 1.70. The van der Waals surface area contributed by atoms with Crippen LogP contribution >= 0.6 is 0 Å². The van der Waals surface area contributed by atoms with Crippen molar-refractivity contribution in [1.29, 1.82) is 0 Å². The number of fused-ring (bicyclic) bond motifs is 1. The summed E-state index contributed by atoms with van der Waals surface area (Å²) in [5, 5.41) is 11.0. The van der Waals surface area contributed by atoms with Gasteiger partial charge in [0.2, 0.25) is 0 Å². The minimum Gasteiger partial charge on any atom is -0.361 e. The number of carbonyl (C=O) groups excluding carboxylic acids is 1. The number of carbonyl (C=O) groups is 1. The first-order valence-corrected chi connectivity index (χ1v) is 7.34. The number of urea groups is 1. The summed E-state index contributed by atoms with van der Waals surface area (Å²) in [6.45, 7) is 4.90. The standard InChI is InChI=1S/C16H19N5O/c1-3-6-21-10-13(9-18-21)19-16(22)20-14-8-15-12(4-5-17-15)7-11(14)2/h4-5,7-10,17H,3,6H2,1-2H3,(H2,19,20,22). The van der Waals surface area contributed by atoms with Crippen molar-refractivity contribution in [3.63, 3.8) is 0 Å². The van der Waals surface area contributed by atoms with Gasteiger partial charge in [0, 0.05) is 30.1 Å². The van der Waals surface area contributed by atoms with E-state index in [2.05, 4.69) is 27.6 Å². The molecule has 0 unspecified atom stereocenters. The van der Waals surface area contributed by atoms with Crippen molar-refractivity contribution >= 4 is 28.3 Å². The smallest absolute Gasteiger partial charge is 0.323 e. The molecule has 0 spiro atoms. The highest BCUT2D eigenvalue weighted by atomic mass is 16.2. The number of nitrogens with zero attached hydrogens (tertiary/aromatic N) is 2. The maximum atomic E-state index is 12.1. The molecule has 22 heavy (non-hydrogen) atoms. The van der Waals surface area contributed by atoms with E-state index in [4.69, 9.17) is 0 Å². The summed E-state index contributed by atoms with van der Waals surface area (Å²) in [5.74, 6) is 0. The van der Waals surface area contributed by atoms with Gasteiger partial charge in [-0.05, 0) is 42.5 Å². The van der Waals surface area contributed by atoms with E-state index in [0.29, 0.717) is 5.69 Å². The van der Waals surface area contributed by atoms with Crippen LogP contribution in [0.5, 0.6) is 0 Å². The molecule has 3 rings (SSSR count). The number of rotatable bonds is 4. The number of nitrogens with one attached hydrogen (secondary N) is 3. The minimum absolute atomic E-state index is 0.273. The molecule has 2 heterocycles. The van der Waals surface area contributed by atoms with Gasteiger partial charge in [0.1, 0.15) is 0 Å². The van der Waals surface area contributed by atoms with Crippen LogP contribution in [-0.2, 0) is 6.54 Å². The quantitative estimate of drug-likeness (QED) is 0.686. The van der Waals surface area contributed by atoms with Gasteiger partial charge in [-0.3, -0.25) is 4.68 Å². The highest BCUT2D eigenvalue weighted by Gasteiger charge is 2.08. The fraction of sp³-hybridized carbons (Fsp3) is 0.250. The molecule has 0 bridgehead atoms. The van der Waals surface area contributed by atoms with Crippen molar-refractivity contribution in [2.45, 2.75) is 26.8 Å². The summed E-state index contributed by atoms with van der Waals surface area (Å²) in [6, 6.07) is 5.71. The molecule has 0 aliphatic rings. The molecule has 0 aliphatic heterocycles. The van der Waals surface area contributed by atoms with Crippen molar-refractivity contribution in [3.8, 4) is 0 Å². The van der Waals surface area contributed by atoms with Crippen LogP contribution in [0.25, 0.3) is 10.9 Å². The van der Waals surface area contributed by atoms with Crippen LogP contribution in [-0.4, -0.2) is 20.8 Å². The average Bonchev–Trinajstić information content (AvgIpc) is 3.09. The third-order valence-corrected chi connectivity index (χ3v) is 3.49. The van der Waals surface area contributed by atoms with Crippen LogP contribution in [0, 0.1) is 6.92 Å². The monoisotopic (exact) mass is 297 g/mol. The van der Waals surface area contributed by atoms with E-state index in [0.717, 1.165) is 35.1 Å². The second kappa shape index (κ2) is 5.93. The number of hydrogen-bond acceptors (Lipinski definition) is 2. The van der Waals surface area contributed by atoms with Crippen LogP contribution in [0.2, 0.25) is 0 Å². The van der Waals surface area contributed by atoms with Gasteiger partial charge in [0.25, 0.3) is 0 Å². The lowest BCUT2D eigenvalue weighted by molar-refractivity contribution is 0.262. The van der Waals surface area contributed by atoms with E-state index in [9.17, 15) is 4.79 Å². The van der Waals surface area contributed by atoms with Gasteiger partial charge < -0.3 is 15.6 Å². The third-order valence-electron chi connectivity index (χ3n) is 3.49. The molecule has 0 fully saturated rings. The summed E-state index contributed by atoms with van der Waals surface area (Å²) in [4.78, 5) is 15.2. The second-order valence-electron chi connectivity index (χ2n) is 5.30. The van der Waals surface area contributed by atoms with Gasteiger partial charge >= 0.3 is 6.03 Å². The van der Waals surface area contributed by atoms with Crippen LogP contribution in [0.4, 0.5) is 16.2 Å². The second-order valence-corrected chi connectivity index (χ2v) is 5.30. The molecule has 2 amide bonds. The van der Waals surface area contributed by atoms with Crippen molar-refractivity contribution in [1.82, 2.24) is 14.8 Å². The van der Waals surface area contributed by atoms with E-state index >= 15 is 0 Å². The average molecular weight is 297 g/mol. The van der Waals surface area contributed by atoms with Crippen LogP contribution in [0.15, 0.2) is 36.8 Å². The molecule has 0 atom stereocenters. The fourth-order valence-electron chi connectivity index (χ4n) is 2.41. The van der Waals surface area contributed by atoms with Crippen LogP contribution < -0.4 is 10.6 Å². The van der Waals surface area contributed by atoms with E-state index < -0.39 is 0 Å². The van der Waals surface area contributed by atoms with Gasteiger partial charge in [0.15, 0.2) is 0 Å². The van der Waals surface area contributed by atoms with E-state index in [1.54, 1.807) is 6.20 Å². The number of aromatic nitrogens is 3. The minimum atomic E-state index is -0.273. The summed E-state index contributed by atoms with van der Waals surface area (Å²) in [6.07, 6.45) is 6.36. The molecule has 0 aliphatic carbocycles. The molecule has 3 N–H and O–H groups in total. The first kappa shape index (κ1) is 14.2. The molecular formula is C16H19N5O. The Morgan fingerprint density at radius 1 is 1.36 bits per heavy atom. The highest BCUT2D eigenvalue weighted by molar-refractivity contribution is 6.01. The molecule has 0 saturated carbocycles. The number of amides is 2. The molecule has 6 nitrogen and oxygen atoms in total. The summed E-state index contributed by atoms with van der Waals surface area (Å²) in [7, 11) is 0. The molecule has 0 saturated heterocycles. The maximum Gasteiger partial charge on any atom is 0.323 e. The van der Waals surface area contributed by atoms with Gasteiger partial charge in [-0.25, -0.2) is 4.79 Å². The molecule has 0 radical (unpaired) electrons. The zero-order valence-electron chi connectivity index (χ0n) is 12.7. The number of H-pyrrole nitrogens is 1. The Labute approximate surface area is 128 Å². The van der Waals surface area contributed by atoms with Crippen LogP contribution in [0.3, 0.4) is 0 Å². The number of aromatic amines is 1. The Morgan fingerprint density at radius 2 is 2.23 bits per heavy atom. The van der Waals surface area contributed by atoms with Crippen molar-refractivity contribution < 1.29 is 4.79 Å². The first-order valence-electron chi connectivity index (χ1n) is 7.34. The third kappa shape index (κ3) is 2.95. The van der Waals surface area contributed by atoms with E-state index in [-0.39, 0.29) is 6.03 Å². The molecular weight excluding hydrogens is 278 g/mol. The zero-order valence-corrected chi connectivity index (χ0v) is 12.7. The number of aryl methyl sites for hydroxylation is 2. The number of anilines is 2. The normalized spacial score (nSPS) is 10.8. The van der Waals surface area contributed by atoms with Gasteiger partial charge in [-0.2, -0.15) is 5.10 Å². The molecule has 6 heteroatoms. The SMILES string of the molecule is CCCn1cc(NC(=O)Nc2cc3[nH]ccc3cc2C)cn1. The van der Waals surface area contributed by atoms with Crippen LogP contribution in [0.1, 0.15) is 18.9 Å². The summed E-state index contributed by atoms with van der Waals surface area (Å²) >= 11 is 0. The first-order chi connectivity index (χ1) is 10.7. The predicted molar refractivity (Wildman–Crippen MR) is 88.2 cm³/mol. The molecule has 3 aromatic rings. The lowest BCUT2D eigenvalue weighted by atomic mass is 10.1. The Bertz CT molecular complexity index is 802. The Hall–Kier alpha value is -2.76. The Morgan fingerprint density at radius 3 is 3.05 bits per heavy atom. The number of hydrogen-bond donors (Lipinski definition) is 3. The molecule has 2 aromatic heterocycles.